The zero-order valence-electron chi connectivity index (χ0n) is 8.99. The molecule has 3 unspecified atom stereocenters. The molecule has 2 aliphatic heterocycles. The van der Waals surface area contributed by atoms with E-state index in [2.05, 4.69) is 10.8 Å². The Hall–Kier alpha value is -0.650. The largest absolute Gasteiger partial charge is 0.382 e. The van der Waals surface area contributed by atoms with E-state index >= 15 is 0 Å². The Morgan fingerprint density at radius 2 is 2.33 bits per heavy atom. The lowest BCUT2D eigenvalue weighted by molar-refractivity contribution is -0.139. The molecule has 3 atom stereocenters. The van der Waals surface area contributed by atoms with Crippen LogP contribution in [0.3, 0.4) is 0 Å². The lowest BCUT2D eigenvalue weighted by Gasteiger charge is -2.18. The second-order valence-electron chi connectivity index (χ2n) is 4.20. The fourth-order valence-electron chi connectivity index (χ4n) is 2.44. The molecule has 0 aromatic carbocycles. The highest BCUT2D eigenvalue weighted by Gasteiger charge is 2.42. The van der Waals surface area contributed by atoms with Crippen molar-refractivity contribution in [2.75, 3.05) is 20.3 Å². The van der Waals surface area contributed by atoms with E-state index in [1.807, 2.05) is 0 Å². The fraction of sp³-hybridized carbons (Fsp3) is 0.900. The smallest absolute Gasteiger partial charge is 0.248 e. The van der Waals surface area contributed by atoms with Crippen LogP contribution in [0.15, 0.2) is 0 Å². The highest BCUT2D eigenvalue weighted by Crippen LogP contribution is 2.33. The highest BCUT2D eigenvalue weighted by atomic mass is 16.7. The molecule has 2 N–H and O–H groups in total. The summed E-state index contributed by atoms with van der Waals surface area (Å²) in [6.07, 6.45) is 3.27. The van der Waals surface area contributed by atoms with Crippen LogP contribution in [0, 0.1) is 5.92 Å². The molecule has 1 amide bonds. The number of carbonyl (C=O) groups is 1. The van der Waals surface area contributed by atoms with Gasteiger partial charge in [0.1, 0.15) is 0 Å². The first-order chi connectivity index (χ1) is 7.31. The van der Waals surface area contributed by atoms with Gasteiger partial charge in [0.25, 0.3) is 0 Å². The minimum Gasteiger partial charge on any atom is -0.382 e. The van der Waals surface area contributed by atoms with Crippen molar-refractivity contribution in [2.45, 2.75) is 31.3 Å². The molecule has 2 aliphatic rings. The van der Waals surface area contributed by atoms with Crippen LogP contribution in [0.2, 0.25) is 0 Å². The summed E-state index contributed by atoms with van der Waals surface area (Å²) < 4.78 is 4.81. The number of fused-ring (bicyclic) bond motifs is 2. The second-order valence-corrected chi connectivity index (χ2v) is 4.20. The average Bonchev–Trinajstić information content (AvgIpc) is 2.85. The Balaban J connectivity index is 1.68. The predicted octanol–water partition coefficient (Wildman–Crippen LogP) is -0.179. The van der Waals surface area contributed by atoms with Crippen LogP contribution in [0.1, 0.15) is 19.3 Å². The van der Waals surface area contributed by atoms with Crippen molar-refractivity contribution in [3.05, 3.63) is 0 Å². The van der Waals surface area contributed by atoms with Gasteiger partial charge < -0.3 is 10.1 Å². The zero-order valence-corrected chi connectivity index (χ0v) is 8.99. The fourth-order valence-corrected chi connectivity index (χ4v) is 2.44. The van der Waals surface area contributed by atoms with E-state index in [0.717, 1.165) is 12.8 Å². The van der Waals surface area contributed by atoms with Crippen molar-refractivity contribution >= 4 is 5.91 Å². The van der Waals surface area contributed by atoms with Gasteiger partial charge in [0.05, 0.1) is 19.1 Å². The number of hydroxylamine groups is 1. The van der Waals surface area contributed by atoms with Crippen LogP contribution in [-0.4, -0.2) is 38.3 Å². The number of amides is 1. The van der Waals surface area contributed by atoms with Gasteiger partial charge in [-0.2, -0.15) is 0 Å². The van der Waals surface area contributed by atoms with Gasteiger partial charge in [-0.05, 0) is 19.3 Å². The standard InChI is InChI=1S/C10H18N2O3/c1-14-4-5-15-12-10(13)8-6-7-2-3-9(8)11-7/h7-9,11H,2-6H2,1H3,(H,12,13). The van der Waals surface area contributed by atoms with E-state index in [4.69, 9.17) is 9.57 Å². The van der Waals surface area contributed by atoms with Crippen molar-refractivity contribution in [3.63, 3.8) is 0 Å². The van der Waals surface area contributed by atoms with Crippen LogP contribution >= 0.6 is 0 Å². The summed E-state index contributed by atoms with van der Waals surface area (Å²) in [6.45, 7) is 0.895. The SMILES string of the molecule is COCCONC(=O)C1CC2CCC1N2. The predicted molar refractivity (Wildman–Crippen MR) is 54.0 cm³/mol. The second kappa shape index (κ2) is 4.92. The van der Waals surface area contributed by atoms with Gasteiger partial charge in [-0.3, -0.25) is 9.63 Å². The molecule has 15 heavy (non-hydrogen) atoms. The van der Waals surface area contributed by atoms with E-state index in [0.29, 0.717) is 25.3 Å². The Morgan fingerprint density at radius 3 is 2.93 bits per heavy atom. The maximum absolute atomic E-state index is 11.7. The van der Waals surface area contributed by atoms with E-state index in [1.165, 1.54) is 6.42 Å². The first-order valence-corrected chi connectivity index (χ1v) is 5.48. The van der Waals surface area contributed by atoms with Crippen LogP contribution in [0.4, 0.5) is 0 Å². The number of carbonyl (C=O) groups excluding carboxylic acids is 1. The molecule has 0 aromatic heterocycles. The summed E-state index contributed by atoms with van der Waals surface area (Å²) in [5.41, 5.74) is 2.49. The monoisotopic (exact) mass is 214 g/mol. The summed E-state index contributed by atoms with van der Waals surface area (Å²) in [5.74, 6) is 0.0945. The lowest BCUT2D eigenvalue weighted by Crippen LogP contribution is -2.37. The number of nitrogens with one attached hydrogen (secondary N) is 2. The number of ether oxygens (including phenoxy) is 1. The van der Waals surface area contributed by atoms with Gasteiger partial charge in [-0.1, -0.05) is 0 Å². The van der Waals surface area contributed by atoms with Gasteiger partial charge in [0, 0.05) is 19.2 Å². The van der Waals surface area contributed by atoms with Crippen molar-refractivity contribution in [1.29, 1.82) is 0 Å². The topological polar surface area (TPSA) is 59.6 Å². The van der Waals surface area contributed by atoms with E-state index in [9.17, 15) is 4.79 Å². The molecule has 0 aliphatic carbocycles. The maximum atomic E-state index is 11.7. The Labute approximate surface area is 89.5 Å². The minimum absolute atomic E-state index is 0.00537. The van der Waals surface area contributed by atoms with E-state index < -0.39 is 0 Å². The van der Waals surface area contributed by atoms with Crippen LogP contribution in [-0.2, 0) is 14.4 Å². The Kier molecular flexibility index (Phi) is 3.56. The van der Waals surface area contributed by atoms with Crippen molar-refractivity contribution in [1.82, 2.24) is 10.8 Å². The van der Waals surface area contributed by atoms with E-state index in [1.54, 1.807) is 7.11 Å². The number of rotatable bonds is 5. The molecule has 0 saturated carbocycles. The van der Waals surface area contributed by atoms with Gasteiger partial charge in [0.2, 0.25) is 5.91 Å². The molecule has 2 saturated heterocycles. The maximum Gasteiger partial charge on any atom is 0.248 e. The number of methoxy groups -OCH3 is 1. The average molecular weight is 214 g/mol. The first-order valence-electron chi connectivity index (χ1n) is 5.48. The molecule has 2 fully saturated rings. The zero-order chi connectivity index (χ0) is 10.7. The number of hydrogen-bond donors (Lipinski definition) is 2. The normalized spacial score (nSPS) is 33.3. The molecule has 0 radical (unpaired) electrons. The van der Waals surface area contributed by atoms with Gasteiger partial charge in [-0.15, -0.1) is 0 Å². The summed E-state index contributed by atoms with van der Waals surface area (Å²) in [7, 11) is 1.60. The van der Waals surface area contributed by atoms with Crippen molar-refractivity contribution < 1.29 is 14.4 Å². The quantitative estimate of drug-likeness (QED) is 0.492. The molecule has 2 heterocycles. The summed E-state index contributed by atoms with van der Waals surface area (Å²) >= 11 is 0. The third-order valence-electron chi connectivity index (χ3n) is 3.20. The third-order valence-corrected chi connectivity index (χ3v) is 3.20. The Morgan fingerprint density at radius 1 is 1.47 bits per heavy atom. The summed E-state index contributed by atoms with van der Waals surface area (Å²) in [4.78, 5) is 16.7. The molecular formula is C10H18N2O3. The molecule has 0 spiro atoms. The molecular weight excluding hydrogens is 196 g/mol. The first kappa shape index (κ1) is 10.9. The highest BCUT2D eigenvalue weighted by molar-refractivity contribution is 5.79. The molecule has 0 aromatic rings. The molecule has 86 valence electrons. The van der Waals surface area contributed by atoms with E-state index in [-0.39, 0.29) is 11.8 Å². The van der Waals surface area contributed by atoms with Gasteiger partial charge in [-0.25, -0.2) is 5.48 Å². The van der Waals surface area contributed by atoms with Crippen molar-refractivity contribution in [3.8, 4) is 0 Å². The van der Waals surface area contributed by atoms with Crippen molar-refractivity contribution in [2.24, 2.45) is 5.92 Å². The Bertz CT molecular complexity index is 235. The summed E-state index contributed by atoms with van der Waals surface area (Å²) in [5, 5.41) is 3.42. The van der Waals surface area contributed by atoms with Crippen LogP contribution in [0.5, 0.6) is 0 Å². The molecule has 2 rings (SSSR count). The van der Waals surface area contributed by atoms with Crippen LogP contribution < -0.4 is 10.8 Å². The van der Waals surface area contributed by atoms with Gasteiger partial charge >= 0.3 is 0 Å². The van der Waals surface area contributed by atoms with Crippen LogP contribution in [0.25, 0.3) is 0 Å². The summed E-state index contributed by atoms with van der Waals surface area (Å²) in [6, 6.07) is 0.908. The third kappa shape index (κ3) is 2.48. The molecule has 5 nitrogen and oxygen atoms in total. The van der Waals surface area contributed by atoms with Gasteiger partial charge in [0.15, 0.2) is 0 Å². The lowest BCUT2D eigenvalue weighted by atomic mass is 9.89. The molecule has 2 bridgehead atoms. The number of hydrogen-bond acceptors (Lipinski definition) is 4. The molecule has 5 heteroatoms. The minimum atomic E-state index is 0.00537.